The van der Waals surface area contributed by atoms with Gasteiger partial charge in [0.2, 0.25) is 0 Å². The maximum Gasteiger partial charge on any atom is 0.129 e. The molecule has 0 aliphatic carbocycles. The van der Waals surface area contributed by atoms with Crippen LogP contribution in [0.4, 0.5) is 0 Å². The lowest BCUT2D eigenvalue weighted by Crippen LogP contribution is -2.37. The van der Waals surface area contributed by atoms with E-state index in [1.807, 2.05) is 13.0 Å². The summed E-state index contributed by atoms with van der Waals surface area (Å²) in [5.41, 5.74) is 2.36. The fraction of sp³-hybridized carbons (Fsp3) is 0.583. The van der Waals surface area contributed by atoms with Gasteiger partial charge in [0, 0.05) is 17.8 Å². The number of hydrogen-bond donors (Lipinski definition) is 0. The van der Waals surface area contributed by atoms with Gasteiger partial charge in [0.05, 0.1) is 0 Å². The molecule has 15 heavy (non-hydrogen) atoms. The van der Waals surface area contributed by atoms with Gasteiger partial charge in [-0.1, -0.05) is 11.6 Å². The number of hydrogen-bond acceptors (Lipinski definition) is 2. The summed E-state index contributed by atoms with van der Waals surface area (Å²) in [5, 5.41) is 0.576. The Labute approximate surface area is 97.3 Å². The topological polar surface area (TPSA) is 16.1 Å². The summed E-state index contributed by atoms with van der Waals surface area (Å²) in [6.45, 7) is 9.45. The van der Waals surface area contributed by atoms with Gasteiger partial charge in [-0.3, -0.25) is 4.90 Å². The zero-order valence-electron chi connectivity index (χ0n) is 10.1. The molecular formula is C12H19ClN2. The first kappa shape index (κ1) is 12.5. The van der Waals surface area contributed by atoms with Gasteiger partial charge in [0.1, 0.15) is 5.15 Å². The number of pyridine rings is 1. The molecule has 1 aromatic rings. The standard InChI is InChI=1S/C12H19ClN2/c1-9-6-10(7-11(13)14-9)8-15(5)12(2,3)4/h6-7H,8H2,1-5H3. The molecule has 0 spiro atoms. The van der Waals surface area contributed by atoms with E-state index in [1.165, 1.54) is 5.56 Å². The van der Waals surface area contributed by atoms with Crippen LogP contribution in [0.5, 0.6) is 0 Å². The van der Waals surface area contributed by atoms with Crippen molar-refractivity contribution in [2.45, 2.75) is 39.8 Å². The van der Waals surface area contributed by atoms with Crippen molar-refractivity contribution in [3.63, 3.8) is 0 Å². The minimum absolute atomic E-state index is 0.170. The zero-order chi connectivity index (χ0) is 11.6. The second kappa shape index (κ2) is 4.50. The van der Waals surface area contributed by atoms with Crippen LogP contribution in [0.15, 0.2) is 12.1 Å². The van der Waals surface area contributed by atoms with Crippen LogP contribution in [0.25, 0.3) is 0 Å². The van der Waals surface area contributed by atoms with E-state index in [9.17, 15) is 0 Å². The maximum absolute atomic E-state index is 5.92. The van der Waals surface area contributed by atoms with Crippen LogP contribution in [0.2, 0.25) is 5.15 Å². The van der Waals surface area contributed by atoms with Crippen LogP contribution in [-0.4, -0.2) is 22.5 Å². The van der Waals surface area contributed by atoms with Crippen molar-refractivity contribution in [1.29, 1.82) is 0 Å². The third kappa shape index (κ3) is 3.80. The maximum atomic E-state index is 5.92. The Kier molecular flexibility index (Phi) is 3.74. The van der Waals surface area contributed by atoms with Crippen LogP contribution >= 0.6 is 11.6 Å². The molecule has 1 rings (SSSR count). The van der Waals surface area contributed by atoms with Gasteiger partial charge in [-0.2, -0.15) is 0 Å². The number of aryl methyl sites for hydroxylation is 1. The summed E-state index contributed by atoms with van der Waals surface area (Å²) in [6, 6.07) is 4.00. The smallest absolute Gasteiger partial charge is 0.129 e. The highest BCUT2D eigenvalue weighted by atomic mass is 35.5. The lowest BCUT2D eigenvalue weighted by Gasteiger charge is -2.32. The van der Waals surface area contributed by atoms with Gasteiger partial charge in [-0.05, 0) is 52.4 Å². The van der Waals surface area contributed by atoms with E-state index in [0.717, 1.165) is 12.2 Å². The Balaban J connectivity index is 2.81. The lowest BCUT2D eigenvalue weighted by atomic mass is 10.1. The first-order valence-electron chi connectivity index (χ1n) is 5.13. The van der Waals surface area contributed by atoms with Gasteiger partial charge in [-0.15, -0.1) is 0 Å². The molecule has 3 heteroatoms. The number of aromatic nitrogens is 1. The average molecular weight is 227 g/mol. The van der Waals surface area contributed by atoms with Crippen molar-refractivity contribution in [3.8, 4) is 0 Å². The molecule has 0 N–H and O–H groups in total. The van der Waals surface area contributed by atoms with Crippen molar-refractivity contribution in [1.82, 2.24) is 9.88 Å². The fourth-order valence-corrected chi connectivity index (χ4v) is 1.57. The van der Waals surface area contributed by atoms with Gasteiger partial charge in [-0.25, -0.2) is 4.98 Å². The zero-order valence-corrected chi connectivity index (χ0v) is 10.9. The molecule has 2 nitrogen and oxygen atoms in total. The Hall–Kier alpha value is -0.600. The molecular weight excluding hydrogens is 208 g/mol. The lowest BCUT2D eigenvalue weighted by molar-refractivity contribution is 0.167. The SMILES string of the molecule is Cc1cc(CN(C)C(C)(C)C)cc(Cl)n1. The summed E-state index contributed by atoms with van der Waals surface area (Å²) >= 11 is 5.92. The molecule has 0 aromatic carbocycles. The van der Waals surface area contributed by atoms with Crippen molar-refractivity contribution < 1.29 is 0 Å². The van der Waals surface area contributed by atoms with Crippen molar-refractivity contribution in [3.05, 3.63) is 28.5 Å². The minimum atomic E-state index is 0.170. The van der Waals surface area contributed by atoms with Gasteiger partial charge < -0.3 is 0 Å². The van der Waals surface area contributed by atoms with Gasteiger partial charge in [0.15, 0.2) is 0 Å². The van der Waals surface area contributed by atoms with Crippen molar-refractivity contribution >= 4 is 11.6 Å². The first-order chi connectivity index (χ1) is 6.79. The third-order valence-electron chi connectivity index (χ3n) is 2.55. The van der Waals surface area contributed by atoms with Crippen molar-refractivity contribution in [2.24, 2.45) is 0 Å². The highest BCUT2D eigenvalue weighted by molar-refractivity contribution is 6.29. The molecule has 0 unspecified atom stereocenters. The normalized spacial score (nSPS) is 12.2. The summed E-state index contributed by atoms with van der Waals surface area (Å²) in [6.07, 6.45) is 0. The first-order valence-corrected chi connectivity index (χ1v) is 5.51. The largest absolute Gasteiger partial charge is 0.297 e. The molecule has 0 bridgehead atoms. The second-order valence-electron chi connectivity index (χ2n) is 4.97. The molecule has 0 saturated carbocycles. The number of rotatable bonds is 2. The summed E-state index contributed by atoms with van der Waals surface area (Å²) < 4.78 is 0. The molecule has 0 aliphatic heterocycles. The highest BCUT2D eigenvalue weighted by Gasteiger charge is 2.17. The molecule has 1 heterocycles. The minimum Gasteiger partial charge on any atom is -0.297 e. The predicted octanol–water partition coefficient (Wildman–Crippen LogP) is 3.27. The predicted molar refractivity (Wildman–Crippen MR) is 65.2 cm³/mol. The van der Waals surface area contributed by atoms with Crippen LogP contribution in [0, 0.1) is 6.92 Å². The summed E-state index contributed by atoms with van der Waals surface area (Å²) in [5.74, 6) is 0. The van der Waals surface area contributed by atoms with Crippen LogP contribution in [-0.2, 0) is 6.54 Å². The van der Waals surface area contributed by atoms with E-state index in [2.05, 4.69) is 43.8 Å². The summed E-state index contributed by atoms with van der Waals surface area (Å²) in [7, 11) is 2.11. The number of halogens is 1. The molecule has 1 aromatic heterocycles. The van der Waals surface area contributed by atoms with Crippen LogP contribution in [0.3, 0.4) is 0 Å². The molecule has 0 aliphatic rings. The molecule has 0 fully saturated rings. The Morgan fingerprint density at radius 2 is 1.93 bits per heavy atom. The Bertz CT molecular complexity index is 322. The van der Waals surface area contributed by atoms with Crippen LogP contribution in [0.1, 0.15) is 32.0 Å². The third-order valence-corrected chi connectivity index (χ3v) is 2.74. The van der Waals surface area contributed by atoms with E-state index in [0.29, 0.717) is 5.15 Å². The molecule has 0 radical (unpaired) electrons. The molecule has 0 saturated heterocycles. The monoisotopic (exact) mass is 226 g/mol. The fourth-order valence-electron chi connectivity index (χ4n) is 1.30. The highest BCUT2D eigenvalue weighted by Crippen LogP contribution is 2.17. The molecule has 84 valence electrons. The molecule has 0 amide bonds. The van der Waals surface area contributed by atoms with E-state index in [1.54, 1.807) is 0 Å². The Morgan fingerprint density at radius 1 is 1.33 bits per heavy atom. The quantitative estimate of drug-likeness (QED) is 0.720. The second-order valence-corrected chi connectivity index (χ2v) is 5.35. The van der Waals surface area contributed by atoms with Gasteiger partial charge >= 0.3 is 0 Å². The molecule has 0 atom stereocenters. The number of nitrogens with zero attached hydrogens (tertiary/aromatic N) is 2. The van der Waals surface area contributed by atoms with E-state index in [4.69, 9.17) is 11.6 Å². The summed E-state index contributed by atoms with van der Waals surface area (Å²) in [4.78, 5) is 6.44. The Morgan fingerprint density at radius 3 is 2.40 bits per heavy atom. The van der Waals surface area contributed by atoms with E-state index in [-0.39, 0.29) is 5.54 Å². The van der Waals surface area contributed by atoms with Crippen molar-refractivity contribution in [2.75, 3.05) is 7.05 Å². The van der Waals surface area contributed by atoms with E-state index < -0.39 is 0 Å². The van der Waals surface area contributed by atoms with Gasteiger partial charge in [0.25, 0.3) is 0 Å². The van der Waals surface area contributed by atoms with Crippen LogP contribution < -0.4 is 0 Å². The average Bonchev–Trinajstić information content (AvgIpc) is 1.99. The van der Waals surface area contributed by atoms with E-state index >= 15 is 0 Å².